The van der Waals surface area contributed by atoms with Crippen LogP contribution in [0.2, 0.25) is 0 Å². The van der Waals surface area contributed by atoms with E-state index in [1.54, 1.807) is 11.6 Å². The first-order valence-corrected chi connectivity index (χ1v) is 10.9. The number of piperidine rings is 1. The molecule has 1 aromatic rings. The van der Waals surface area contributed by atoms with Crippen LogP contribution in [0.5, 0.6) is 0 Å². The van der Waals surface area contributed by atoms with E-state index in [9.17, 15) is 18.0 Å². The van der Waals surface area contributed by atoms with Gasteiger partial charge in [-0.2, -0.15) is 13.2 Å². The minimum atomic E-state index is -4.01. The number of alkyl halides is 3. The number of likely N-dealkylation sites (tertiary alicyclic amines) is 1. The van der Waals surface area contributed by atoms with Gasteiger partial charge in [0.05, 0.1) is 12.7 Å². The molecule has 170 valence electrons. The maximum Gasteiger partial charge on any atom is 0.390 e. The molecule has 2 saturated carbocycles. The highest BCUT2D eigenvalue weighted by Gasteiger charge is 2.53. The Morgan fingerprint density at radius 1 is 1.20 bits per heavy atom. The number of carbonyl (C=O) groups is 1. The van der Waals surface area contributed by atoms with Crippen molar-refractivity contribution in [2.24, 2.45) is 30.7 Å². The molecule has 6 nitrogen and oxygen atoms in total. The normalized spacial score (nSPS) is 26.7. The van der Waals surface area contributed by atoms with Crippen molar-refractivity contribution in [3.05, 3.63) is 23.5 Å². The molecule has 30 heavy (non-hydrogen) atoms. The van der Waals surface area contributed by atoms with Crippen LogP contribution in [0.25, 0.3) is 5.32 Å². The van der Waals surface area contributed by atoms with Gasteiger partial charge in [-0.3, -0.25) is 0 Å². The zero-order valence-electron chi connectivity index (χ0n) is 17.5. The molecular formula is C21H32F3N4O2-. The molecule has 0 amide bonds. The summed E-state index contributed by atoms with van der Waals surface area (Å²) < 4.78 is 38.2. The molecule has 1 aromatic heterocycles. The molecule has 1 N–H and O–H groups in total. The maximum atomic E-state index is 12.2. The van der Waals surface area contributed by atoms with Gasteiger partial charge in [0, 0.05) is 32.9 Å². The number of imidazole rings is 1. The zero-order valence-corrected chi connectivity index (χ0v) is 17.5. The fourth-order valence-electron chi connectivity index (χ4n) is 4.77. The summed E-state index contributed by atoms with van der Waals surface area (Å²) in [6.45, 7) is 3.89. The van der Waals surface area contributed by atoms with Gasteiger partial charge in [0.1, 0.15) is 0 Å². The van der Waals surface area contributed by atoms with Crippen LogP contribution in [-0.2, 0) is 7.05 Å². The van der Waals surface area contributed by atoms with Gasteiger partial charge in [0.25, 0.3) is 0 Å². The van der Waals surface area contributed by atoms with Gasteiger partial charge >= 0.3 is 12.1 Å². The third-order valence-corrected chi connectivity index (χ3v) is 6.53. The summed E-state index contributed by atoms with van der Waals surface area (Å²) in [4.78, 5) is 15.7. The summed E-state index contributed by atoms with van der Waals surface area (Å²) in [5.41, 5.74) is 0.0810. The van der Waals surface area contributed by atoms with Gasteiger partial charge < -0.3 is 19.9 Å². The summed E-state index contributed by atoms with van der Waals surface area (Å²) in [6.07, 6.45) is 5.01. The standard InChI is InChI=1S/C16H26F3N2.C5H6N2O2/c17-16(18,19)6-7-21-10-14-13(15(14)11-21)9-20-8-12-4-2-1-3-5-12;1-7-2-4(5(8)9)6-3-7/h12-15H,1-11H2;2-3H,1H3,(H,8,9)/q-1;. The molecule has 1 aliphatic heterocycles. The van der Waals surface area contributed by atoms with Gasteiger partial charge in [-0.25, -0.2) is 9.78 Å². The van der Waals surface area contributed by atoms with E-state index in [1.807, 2.05) is 4.90 Å². The van der Waals surface area contributed by atoms with E-state index in [0.29, 0.717) is 17.8 Å². The van der Waals surface area contributed by atoms with Crippen molar-refractivity contribution >= 4 is 5.97 Å². The van der Waals surface area contributed by atoms with E-state index in [2.05, 4.69) is 4.98 Å². The minimum Gasteiger partial charge on any atom is -0.662 e. The Morgan fingerprint density at radius 2 is 1.87 bits per heavy atom. The van der Waals surface area contributed by atoms with Crippen molar-refractivity contribution in [3.8, 4) is 0 Å². The molecule has 1 saturated heterocycles. The quantitative estimate of drug-likeness (QED) is 0.706. The van der Waals surface area contributed by atoms with Crippen LogP contribution in [0.1, 0.15) is 49.0 Å². The highest BCUT2D eigenvalue weighted by Crippen LogP contribution is 2.52. The van der Waals surface area contributed by atoms with Crippen LogP contribution in [-0.4, -0.2) is 64.4 Å². The summed E-state index contributed by atoms with van der Waals surface area (Å²) in [5, 5.41) is 13.1. The van der Waals surface area contributed by atoms with Gasteiger partial charge in [0.2, 0.25) is 0 Å². The van der Waals surface area contributed by atoms with E-state index >= 15 is 0 Å². The van der Waals surface area contributed by atoms with Crippen LogP contribution < -0.4 is 0 Å². The molecule has 0 bridgehead atoms. The fourth-order valence-corrected chi connectivity index (χ4v) is 4.77. The molecule has 0 spiro atoms. The first-order valence-electron chi connectivity index (χ1n) is 10.9. The van der Waals surface area contributed by atoms with Crippen LogP contribution in [0, 0.1) is 23.7 Å². The molecule has 0 radical (unpaired) electrons. The third kappa shape index (κ3) is 6.97. The lowest BCUT2D eigenvalue weighted by Gasteiger charge is -2.30. The lowest BCUT2D eigenvalue weighted by atomic mass is 9.89. The SMILES string of the molecule is Cn1cnc(C(=O)O)c1.FC(F)(F)CCN1CC2C(C[N-]CC3CCCCC3)C2C1. The van der Waals surface area contributed by atoms with E-state index in [-0.39, 0.29) is 12.2 Å². The van der Waals surface area contributed by atoms with Crippen molar-refractivity contribution in [3.63, 3.8) is 0 Å². The lowest BCUT2D eigenvalue weighted by molar-refractivity contribution is -0.137. The number of aromatic carboxylic acids is 1. The number of hydrogen-bond acceptors (Lipinski definition) is 3. The average molecular weight is 430 g/mol. The second-order valence-corrected chi connectivity index (χ2v) is 8.94. The minimum absolute atomic E-state index is 0.0810. The molecule has 3 fully saturated rings. The van der Waals surface area contributed by atoms with Crippen LogP contribution in [0.4, 0.5) is 13.2 Å². The fraction of sp³-hybridized carbons (Fsp3) is 0.810. The summed E-state index contributed by atoms with van der Waals surface area (Å²) >= 11 is 0. The summed E-state index contributed by atoms with van der Waals surface area (Å²) in [5.74, 6) is 1.76. The third-order valence-electron chi connectivity index (χ3n) is 6.53. The number of rotatable bonds is 7. The number of halogens is 3. The van der Waals surface area contributed by atoms with Crippen molar-refractivity contribution in [2.75, 3.05) is 32.7 Å². The number of aryl methyl sites for hydroxylation is 1. The van der Waals surface area contributed by atoms with Crippen molar-refractivity contribution in [1.29, 1.82) is 0 Å². The van der Waals surface area contributed by atoms with Crippen molar-refractivity contribution in [1.82, 2.24) is 14.5 Å². The molecule has 2 heterocycles. The van der Waals surface area contributed by atoms with Crippen LogP contribution >= 0.6 is 0 Å². The van der Waals surface area contributed by atoms with Gasteiger partial charge in [0.15, 0.2) is 5.69 Å². The van der Waals surface area contributed by atoms with Gasteiger partial charge in [-0.05, 0) is 11.8 Å². The Kier molecular flexibility index (Phi) is 7.79. The lowest BCUT2D eigenvalue weighted by Crippen LogP contribution is -2.29. The second kappa shape index (κ2) is 10.1. The molecule has 0 aromatic carbocycles. The van der Waals surface area contributed by atoms with E-state index in [4.69, 9.17) is 10.4 Å². The Hall–Kier alpha value is -1.61. The molecular weight excluding hydrogens is 397 g/mol. The predicted molar refractivity (Wildman–Crippen MR) is 107 cm³/mol. The topological polar surface area (TPSA) is 72.5 Å². The first kappa shape index (κ1) is 23.1. The van der Waals surface area contributed by atoms with Crippen LogP contribution in [0.15, 0.2) is 12.5 Å². The highest BCUT2D eigenvalue weighted by atomic mass is 19.4. The molecule has 2 aliphatic carbocycles. The van der Waals surface area contributed by atoms with E-state index < -0.39 is 18.6 Å². The number of fused-ring (bicyclic) bond motifs is 1. The first-order chi connectivity index (χ1) is 14.2. The zero-order chi connectivity index (χ0) is 21.7. The Morgan fingerprint density at radius 3 is 2.37 bits per heavy atom. The Balaban J connectivity index is 0.000000239. The van der Waals surface area contributed by atoms with Crippen LogP contribution in [0.3, 0.4) is 0 Å². The smallest absolute Gasteiger partial charge is 0.390 e. The predicted octanol–water partition coefficient (Wildman–Crippen LogP) is 4.19. The van der Waals surface area contributed by atoms with E-state index in [1.165, 1.54) is 44.6 Å². The Labute approximate surface area is 175 Å². The maximum absolute atomic E-state index is 12.2. The number of carboxylic acids is 1. The average Bonchev–Trinajstić information content (AvgIpc) is 3.03. The summed E-state index contributed by atoms with van der Waals surface area (Å²) in [7, 11) is 1.72. The number of hydrogen-bond donors (Lipinski definition) is 1. The van der Waals surface area contributed by atoms with E-state index in [0.717, 1.165) is 32.1 Å². The van der Waals surface area contributed by atoms with Gasteiger partial charge in [-0.15, -0.1) is 13.1 Å². The monoisotopic (exact) mass is 429 g/mol. The van der Waals surface area contributed by atoms with Gasteiger partial charge in [-0.1, -0.05) is 43.9 Å². The second-order valence-electron chi connectivity index (χ2n) is 8.94. The number of aromatic nitrogens is 2. The van der Waals surface area contributed by atoms with Crippen molar-refractivity contribution in [2.45, 2.75) is 44.7 Å². The largest absolute Gasteiger partial charge is 0.662 e. The highest BCUT2D eigenvalue weighted by molar-refractivity contribution is 5.84. The molecule has 2 unspecified atom stereocenters. The number of nitrogens with zero attached hydrogens (tertiary/aromatic N) is 4. The van der Waals surface area contributed by atoms with Crippen molar-refractivity contribution < 1.29 is 23.1 Å². The number of carboxylic acid groups (broad SMARTS) is 1. The Bertz CT molecular complexity index is 676. The molecule has 2 atom stereocenters. The molecule has 9 heteroatoms. The summed E-state index contributed by atoms with van der Waals surface area (Å²) in [6, 6.07) is 0. The molecule has 3 aliphatic rings. The molecule has 4 rings (SSSR count).